The van der Waals surface area contributed by atoms with Crippen LogP contribution >= 0.6 is 0 Å². The number of benzene rings is 1. The van der Waals surface area contributed by atoms with E-state index in [9.17, 15) is 26.4 Å². The van der Waals surface area contributed by atoms with Gasteiger partial charge in [0.15, 0.2) is 11.5 Å². The average Bonchev–Trinajstić information content (AvgIpc) is 3.06. The molecule has 2 aromatic rings. The molecule has 10 heteroatoms. The molecule has 2 rings (SSSR count). The number of nitrogens with one attached hydrogen (secondary N) is 1. The standard InChI is InChI=1S/C20H26F3N3O3S/c1-5-7-17(27)14-8-6-9-16(10-14)26(30(28,29)13-20(21,22)23)12-15-11-24-25-18(15)19(2,3)4/h6,8-11H,5,7,12-13H2,1-4H3,(H,24,25). The highest BCUT2D eigenvalue weighted by Gasteiger charge is 2.39. The van der Waals surface area contributed by atoms with Gasteiger partial charge < -0.3 is 0 Å². The fourth-order valence-corrected chi connectivity index (χ4v) is 4.42. The molecule has 0 bridgehead atoms. The predicted molar refractivity (Wildman–Crippen MR) is 109 cm³/mol. The molecule has 0 saturated carbocycles. The minimum atomic E-state index is -4.91. The predicted octanol–water partition coefficient (Wildman–Crippen LogP) is 4.59. The molecule has 0 saturated heterocycles. The maximum atomic E-state index is 13.0. The number of carbonyl (C=O) groups is 1. The van der Waals surface area contributed by atoms with E-state index in [1.807, 2.05) is 27.7 Å². The summed E-state index contributed by atoms with van der Waals surface area (Å²) in [5.41, 5.74) is 0.906. The first-order chi connectivity index (χ1) is 13.7. The number of rotatable bonds is 8. The van der Waals surface area contributed by atoms with E-state index in [1.54, 1.807) is 0 Å². The van der Waals surface area contributed by atoms with E-state index in [1.165, 1.54) is 30.5 Å². The lowest BCUT2D eigenvalue weighted by Crippen LogP contribution is -2.38. The van der Waals surface area contributed by atoms with E-state index in [4.69, 9.17) is 0 Å². The second-order valence-electron chi connectivity index (χ2n) is 8.12. The Kier molecular flexibility index (Phi) is 7.01. The second-order valence-corrected chi connectivity index (χ2v) is 10.0. The Balaban J connectivity index is 2.55. The smallest absolute Gasteiger partial charge is 0.294 e. The van der Waals surface area contributed by atoms with Gasteiger partial charge in [0.1, 0.15) is 0 Å². The summed E-state index contributed by atoms with van der Waals surface area (Å²) >= 11 is 0. The molecule has 1 aromatic heterocycles. The van der Waals surface area contributed by atoms with Crippen molar-refractivity contribution in [1.82, 2.24) is 10.2 Å². The fraction of sp³-hybridized carbons (Fsp3) is 0.500. The van der Waals surface area contributed by atoms with Crippen LogP contribution in [0.3, 0.4) is 0 Å². The summed E-state index contributed by atoms with van der Waals surface area (Å²) in [7, 11) is -4.77. The highest BCUT2D eigenvalue weighted by Crippen LogP contribution is 2.30. The molecule has 166 valence electrons. The summed E-state index contributed by atoms with van der Waals surface area (Å²) in [5, 5.41) is 6.74. The van der Waals surface area contributed by atoms with Gasteiger partial charge in [0.05, 0.1) is 18.4 Å². The Labute approximate surface area is 174 Å². The highest BCUT2D eigenvalue weighted by atomic mass is 32.2. The topological polar surface area (TPSA) is 83.1 Å². The first kappa shape index (κ1) is 23.9. The number of carbonyl (C=O) groups excluding carboxylic acids is 1. The molecule has 0 amide bonds. The van der Waals surface area contributed by atoms with Crippen molar-refractivity contribution in [1.29, 1.82) is 0 Å². The molecule has 0 fully saturated rings. The van der Waals surface area contributed by atoms with Crippen LogP contribution in [0.15, 0.2) is 30.5 Å². The van der Waals surface area contributed by atoms with Gasteiger partial charge in [0.2, 0.25) is 10.0 Å². The number of aromatic nitrogens is 2. The van der Waals surface area contributed by atoms with Gasteiger partial charge in [-0.2, -0.15) is 18.3 Å². The first-order valence-corrected chi connectivity index (χ1v) is 11.1. The van der Waals surface area contributed by atoms with Crippen LogP contribution in [0.1, 0.15) is 62.2 Å². The Morgan fingerprint density at radius 2 is 1.87 bits per heavy atom. The van der Waals surface area contributed by atoms with Gasteiger partial charge in [-0.15, -0.1) is 0 Å². The zero-order valence-electron chi connectivity index (χ0n) is 17.4. The number of ketones is 1. The number of nitrogens with zero attached hydrogens (tertiary/aromatic N) is 2. The Bertz CT molecular complexity index is 992. The number of alkyl halides is 3. The average molecular weight is 446 g/mol. The SMILES string of the molecule is CCCC(=O)c1cccc(N(Cc2cn[nH]c2C(C)(C)C)S(=O)(=O)CC(F)(F)F)c1. The van der Waals surface area contributed by atoms with Crippen LogP contribution in [0.2, 0.25) is 0 Å². The van der Waals surface area contributed by atoms with Crippen LogP contribution in [-0.4, -0.2) is 36.3 Å². The van der Waals surface area contributed by atoms with E-state index in [0.29, 0.717) is 22.0 Å². The number of H-pyrrole nitrogens is 1. The van der Waals surface area contributed by atoms with Gasteiger partial charge in [-0.05, 0) is 18.6 Å². The van der Waals surface area contributed by atoms with Crippen LogP contribution in [0, 0.1) is 0 Å². The van der Waals surface area contributed by atoms with Gasteiger partial charge in [0.25, 0.3) is 0 Å². The van der Waals surface area contributed by atoms with E-state index in [-0.39, 0.29) is 30.0 Å². The van der Waals surface area contributed by atoms with Crippen LogP contribution in [0.25, 0.3) is 0 Å². The molecule has 1 aromatic carbocycles. The quantitative estimate of drug-likeness (QED) is 0.603. The number of halogens is 3. The lowest BCUT2D eigenvalue weighted by atomic mass is 9.89. The van der Waals surface area contributed by atoms with Gasteiger partial charge in [-0.1, -0.05) is 39.8 Å². The zero-order chi connectivity index (χ0) is 22.7. The van der Waals surface area contributed by atoms with E-state index < -0.39 is 27.4 Å². The molecule has 0 aliphatic heterocycles. The highest BCUT2D eigenvalue weighted by molar-refractivity contribution is 7.92. The normalized spacial score (nSPS) is 12.8. The largest absolute Gasteiger partial charge is 0.404 e. The Morgan fingerprint density at radius 3 is 2.43 bits per heavy atom. The minimum absolute atomic E-state index is 0.00209. The molecule has 1 N–H and O–H groups in total. The van der Waals surface area contributed by atoms with Crippen molar-refractivity contribution in [2.45, 2.75) is 58.7 Å². The maximum absolute atomic E-state index is 13.0. The fourth-order valence-electron chi connectivity index (χ4n) is 3.08. The van der Waals surface area contributed by atoms with Crippen LogP contribution in [0.5, 0.6) is 0 Å². The van der Waals surface area contributed by atoms with E-state index in [2.05, 4.69) is 10.2 Å². The van der Waals surface area contributed by atoms with Gasteiger partial charge in [0, 0.05) is 28.7 Å². The third kappa shape index (κ3) is 6.07. The van der Waals surface area contributed by atoms with Crippen LogP contribution in [0.4, 0.5) is 18.9 Å². The Morgan fingerprint density at radius 1 is 1.20 bits per heavy atom. The molecular weight excluding hydrogens is 419 g/mol. The van der Waals surface area contributed by atoms with Crippen molar-refractivity contribution in [3.8, 4) is 0 Å². The molecule has 0 unspecified atom stereocenters. The van der Waals surface area contributed by atoms with Crippen LogP contribution < -0.4 is 4.31 Å². The van der Waals surface area contributed by atoms with Crippen molar-refractivity contribution >= 4 is 21.5 Å². The lowest BCUT2D eigenvalue weighted by molar-refractivity contribution is -0.106. The van der Waals surface area contributed by atoms with Crippen LogP contribution in [-0.2, 0) is 22.0 Å². The molecular formula is C20H26F3N3O3S. The maximum Gasteiger partial charge on any atom is 0.404 e. The molecule has 1 heterocycles. The number of sulfonamides is 1. The molecule has 6 nitrogen and oxygen atoms in total. The van der Waals surface area contributed by atoms with Gasteiger partial charge in [-0.25, -0.2) is 8.42 Å². The first-order valence-electron chi connectivity index (χ1n) is 9.48. The van der Waals surface area contributed by atoms with Gasteiger partial charge >= 0.3 is 6.18 Å². The van der Waals surface area contributed by atoms with Crippen molar-refractivity contribution in [2.75, 3.05) is 10.1 Å². The summed E-state index contributed by atoms with van der Waals surface area (Å²) in [6, 6.07) is 5.69. The molecule has 0 radical (unpaired) electrons. The summed E-state index contributed by atoms with van der Waals surface area (Å²) in [4.78, 5) is 12.2. The summed E-state index contributed by atoms with van der Waals surface area (Å²) in [5.74, 6) is -2.21. The number of aromatic amines is 1. The minimum Gasteiger partial charge on any atom is -0.294 e. The second kappa shape index (κ2) is 8.79. The van der Waals surface area contributed by atoms with Crippen molar-refractivity contribution in [3.05, 3.63) is 47.3 Å². The number of anilines is 1. The summed E-state index contributed by atoms with van der Waals surface area (Å²) in [6.45, 7) is 7.12. The number of Topliss-reactive ketones (excluding diaryl/α,β-unsaturated/α-hetero) is 1. The van der Waals surface area contributed by atoms with Crippen molar-refractivity contribution in [3.63, 3.8) is 0 Å². The van der Waals surface area contributed by atoms with E-state index >= 15 is 0 Å². The molecule has 0 spiro atoms. The number of hydrogen-bond donors (Lipinski definition) is 1. The molecule has 0 aliphatic carbocycles. The Hall–Kier alpha value is -2.36. The van der Waals surface area contributed by atoms with Crippen molar-refractivity contribution in [2.24, 2.45) is 0 Å². The molecule has 30 heavy (non-hydrogen) atoms. The summed E-state index contributed by atoms with van der Waals surface area (Å²) < 4.78 is 65.2. The monoisotopic (exact) mass is 445 g/mol. The van der Waals surface area contributed by atoms with Gasteiger partial charge in [-0.3, -0.25) is 14.2 Å². The van der Waals surface area contributed by atoms with Crippen molar-refractivity contribution < 1.29 is 26.4 Å². The zero-order valence-corrected chi connectivity index (χ0v) is 18.2. The molecule has 0 aliphatic rings. The summed E-state index contributed by atoms with van der Waals surface area (Å²) in [6.07, 6.45) is -2.64. The number of hydrogen-bond acceptors (Lipinski definition) is 4. The third-order valence-electron chi connectivity index (χ3n) is 4.40. The molecule has 0 atom stereocenters. The van der Waals surface area contributed by atoms with E-state index in [0.717, 1.165) is 0 Å². The lowest BCUT2D eigenvalue weighted by Gasteiger charge is -2.27. The third-order valence-corrected chi connectivity index (χ3v) is 6.10.